The zero-order valence-corrected chi connectivity index (χ0v) is 15.6. The Kier molecular flexibility index (Phi) is 4.75. The third-order valence-electron chi connectivity index (χ3n) is 5.19. The minimum absolute atomic E-state index is 0.153. The molecule has 5 nitrogen and oxygen atoms in total. The Morgan fingerprint density at radius 2 is 1.93 bits per heavy atom. The van der Waals surface area contributed by atoms with E-state index in [1.807, 2.05) is 24.3 Å². The molecule has 0 saturated carbocycles. The fourth-order valence-corrected chi connectivity index (χ4v) is 5.27. The standard InChI is InChI=1S/C19H18F3NO4S/c20-15-11-14(5-6-17(15)26-18(21)22)28(24,25)23-10-9-19(12-23)8-7-13-3-1-2-4-16(13)27-19/h1-6,11,18H,7-10,12H2. The molecule has 0 bridgehead atoms. The molecule has 9 heteroatoms. The molecule has 0 amide bonds. The van der Waals surface area contributed by atoms with Gasteiger partial charge in [-0.3, -0.25) is 0 Å². The highest BCUT2D eigenvalue weighted by Crippen LogP contribution is 2.40. The van der Waals surface area contributed by atoms with Crippen LogP contribution in [-0.4, -0.2) is 38.0 Å². The monoisotopic (exact) mass is 413 g/mol. The lowest BCUT2D eigenvalue weighted by Gasteiger charge is -2.35. The van der Waals surface area contributed by atoms with Crippen molar-refractivity contribution in [2.45, 2.75) is 36.4 Å². The SMILES string of the molecule is O=S(=O)(c1ccc(OC(F)F)c(F)c1)N1CCC2(CCc3ccccc3O2)C1. The van der Waals surface area contributed by atoms with Gasteiger partial charge in [0, 0.05) is 13.0 Å². The smallest absolute Gasteiger partial charge is 0.387 e. The number of halogens is 3. The normalized spacial score (nSPS) is 22.3. The lowest BCUT2D eigenvalue weighted by Crippen LogP contribution is -2.43. The van der Waals surface area contributed by atoms with Crippen LogP contribution in [0.1, 0.15) is 18.4 Å². The van der Waals surface area contributed by atoms with Gasteiger partial charge in [0.1, 0.15) is 11.4 Å². The Bertz CT molecular complexity index is 998. The van der Waals surface area contributed by atoms with E-state index < -0.39 is 33.8 Å². The summed E-state index contributed by atoms with van der Waals surface area (Å²) in [5, 5.41) is 0. The van der Waals surface area contributed by atoms with E-state index in [-0.39, 0.29) is 18.0 Å². The number of aryl methyl sites for hydroxylation is 1. The molecule has 1 fully saturated rings. The molecular formula is C19H18F3NO4S. The number of hydrogen-bond acceptors (Lipinski definition) is 4. The highest BCUT2D eigenvalue weighted by molar-refractivity contribution is 7.89. The van der Waals surface area contributed by atoms with Gasteiger partial charge < -0.3 is 9.47 Å². The highest BCUT2D eigenvalue weighted by Gasteiger charge is 2.46. The summed E-state index contributed by atoms with van der Waals surface area (Å²) < 4.78 is 75.7. The van der Waals surface area contributed by atoms with E-state index in [1.165, 1.54) is 4.31 Å². The molecule has 0 N–H and O–H groups in total. The maximum absolute atomic E-state index is 14.0. The van der Waals surface area contributed by atoms with Gasteiger partial charge in [-0.2, -0.15) is 13.1 Å². The van der Waals surface area contributed by atoms with Crippen LogP contribution in [0.15, 0.2) is 47.4 Å². The van der Waals surface area contributed by atoms with Crippen molar-refractivity contribution in [3.63, 3.8) is 0 Å². The van der Waals surface area contributed by atoms with Crippen molar-refractivity contribution < 1.29 is 31.1 Å². The predicted molar refractivity (Wildman–Crippen MR) is 94.5 cm³/mol. The van der Waals surface area contributed by atoms with Crippen molar-refractivity contribution in [3.8, 4) is 11.5 Å². The van der Waals surface area contributed by atoms with E-state index in [9.17, 15) is 21.6 Å². The minimum Gasteiger partial charge on any atom is -0.486 e. The molecule has 0 radical (unpaired) electrons. The first-order chi connectivity index (χ1) is 13.3. The van der Waals surface area contributed by atoms with Crippen LogP contribution in [0.5, 0.6) is 11.5 Å². The maximum atomic E-state index is 14.0. The third-order valence-corrected chi connectivity index (χ3v) is 7.03. The summed E-state index contributed by atoms with van der Waals surface area (Å²) in [6.07, 6.45) is 2.00. The summed E-state index contributed by atoms with van der Waals surface area (Å²) in [5.41, 5.74) is 0.477. The Morgan fingerprint density at radius 3 is 2.68 bits per heavy atom. The van der Waals surface area contributed by atoms with Crippen LogP contribution < -0.4 is 9.47 Å². The Balaban J connectivity index is 1.54. The minimum atomic E-state index is -3.99. The molecule has 1 saturated heterocycles. The second-order valence-corrected chi connectivity index (χ2v) is 8.89. The number of para-hydroxylation sites is 1. The first-order valence-electron chi connectivity index (χ1n) is 8.81. The second-order valence-electron chi connectivity index (χ2n) is 6.95. The first-order valence-corrected chi connectivity index (χ1v) is 10.2. The van der Waals surface area contributed by atoms with E-state index in [0.717, 1.165) is 29.9 Å². The van der Waals surface area contributed by atoms with Gasteiger partial charge in [-0.05, 0) is 42.7 Å². The van der Waals surface area contributed by atoms with Gasteiger partial charge in [0.25, 0.3) is 0 Å². The van der Waals surface area contributed by atoms with Gasteiger partial charge in [0.15, 0.2) is 11.6 Å². The third kappa shape index (κ3) is 3.44. The molecule has 0 aliphatic carbocycles. The fourth-order valence-electron chi connectivity index (χ4n) is 3.74. The fraction of sp³-hybridized carbons (Fsp3) is 0.368. The van der Waals surface area contributed by atoms with E-state index in [4.69, 9.17) is 4.74 Å². The number of ether oxygens (including phenoxy) is 2. The van der Waals surface area contributed by atoms with Crippen molar-refractivity contribution in [3.05, 3.63) is 53.8 Å². The number of hydrogen-bond donors (Lipinski definition) is 0. The van der Waals surface area contributed by atoms with E-state index >= 15 is 0 Å². The largest absolute Gasteiger partial charge is 0.486 e. The van der Waals surface area contributed by atoms with Crippen molar-refractivity contribution in [1.82, 2.24) is 4.31 Å². The molecule has 1 unspecified atom stereocenters. The van der Waals surface area contributed by atoms with Gasteiger partial charge in [-0.25, -0.2) is 12.8 Å². The molecule has 2 aliphatic rings. The molecule has 2 aromatic rings. The summed E-state index contributed by atoms with van der Waals surface area (Å²) >= 11 is 0. The molecule has 1 spiro atoms. The second kappa shape index (κ2) is 6.97. The molecule has 4 rings (SSSR count). The van der Waals surface area contributed by atoms with Crippen LogP contribution in [0.3, 0.4) is 0 Å². The Labute approximate surface area is 160 Å². The molecule has 0 aromatic heterocycles. The predicted octanol–water partition coefficient (Wildman–Crippen LogP) is 3.59. The van der Waals surface area contributed by atoms with Crippen LogP contribution in [0.25, 0.3) is 0 Å². The Morgan fingerprint density at radius 1 is 1.14 bits per heavy atom. The van der Waals surface area contributed by atoms with Crippen molar-refractivity contribution in [2.75, 3.05) is 13.1 Å². The van der Waals surface area contributed by atoms with Crippen molar-refractivity contribution in [1.29, 1.82) is 0 Å². The van der Waals surface area contributed by atoms with E-state index in [2.05, 4.69) is 4.74 Å². The number of rotatable bonds is 4. The van der Waals surface area contributed by atoms with Crippen LogP contribution in [0.2, 0.25) is 0 Å². The van der Waals surface area contributed by atoms with Crippen LogP contribution in [0, 0.1) is 5.82 Å². The van der Waals surface area contributed by atoms with Gasteiger partial charge in [0.2, 0.25) is 10.0 Å². The van der Waals surface area contributed by atoms with Crippen LogP contribution in [0.4, 0.5) is 13.2 Å². The lowest BCUT2D eigenvalue weighted by atomic mass is 9.90. The molecule has 150 valence electrons. The van der Waals surface area contributed by atoms with Crippen molar-refractivity contribution >= 4 is 10.0 Å². The number of nitrogens with zero attached hydrogens (tertiary/aromatic N) is 1. The van der Waals surface area contributed by atoms with Crippen molar-refractivity contribution in [2.24, 2.45) is 0 Å². The number of benzene rings is 2. The molecule has 28 heavy (non-hydrogen) atoms. The van der Waals surface area contributed by atoms with Gasteiger partial charge >= 0.3 is 6.61 Å². The zero-order chi connectivity index (χ0) is 19.9. The van der Waals surface area contributed by atoms with Crippen LogP contribution >= 0.6 is 0 Å². The average molecular weight is 413 g/mol. The molecule has 2 aromatic carbocycles. The lowest BCUT2D eigenvalue weighted by molar-refractivity contribution is -0.0522. The van der Waals surface area contributed by atoms with Gasteiger partial charge in [-0.15, -0.1) is 0 Å². The number of sulfonamides is 1. The zero-order valence-electron chi connectivity index (χ0n) is 14.8. The molecule has 2 aliphatic heterocycles. The average Bonchev–Trinajstić information content (AvgIpc) is 3.07. The first kappa shape index (κ1) is 19.1. The topological polar surface area (TPSA) is 55.8 Å². The maximum Gasteiger partial charge on any atom is 0.387 e. The molecule has 2 heterocycles. The van der Waals surface area contributed by atoms with E-state index in [1.54, 1.807) is 0 Å². The number of alkyl halides is 2. The van der Waals surface area contributed by atoms with Gasteiger partial charge in [0.05, 0.1) is 11.4 Å². The summed E-state index contributed by atoms with van der Waals surface area (Å²) in [4.78, 5) is -0.306. The van der Waals surface area contributed by atoms with E-state index in [0.29, 0.717) is 18.9 Å². The Hall–Kier alpha value is -2.26. The summed E-state index contributed by atoms with van der Waals surface area (Å²) in [7, 11) is -3.99. The number of fused-ring (bicyclic) bond motifs is 1. The summed E-state index contributed by atoms with van der Waals surface area (Å²) in [6, 6.07) is 10.3. The molecular weight excluding hydrogens is 395 g/mol. The van der Waals surface area contributed by atoms with Gasteiger partial charge in [-0.1, -0.05) is 18.2 Å². The molecule has 1 atom stereocenters. The quantitative estimate of drug-likeness (QED) is 0.769. The summed E-state index contributed by atoms with van der Waals surface area (Å²) in [6.45, 7) is -2.80. The van der Waals surface area contributed by atoms with Crippen LogP contribution in [-0.2, 0) is 16.4 Å². The highest BCUT2D eigenvalue weighted by atomic mass is 32.2. The summed E-state index contributed by atoms with van der Waals surface area (Å²) in [5.74, 6) is -1.09.